The van der Waals surface area contributed by atoms with Crippen LogP contribution in [0.25, 0.3) is 22.5 Å². The molecule has 0 radical (unpaired) electrons. The zero-order valence-electron chi connectivity index (χ0n) is 21.8. The number of aromatic nitrogens is 3. The fourth-order valence-corrected chi connectivity index (χ4v) is 5.77. The Labute approximate surface area is 222 Å². The Morgan fingerprint density at radius 1 is 1.03 bits per heavy atom. The third-order valence-electron chi connectivity index (χ3n) is 6.46. The lowest BCUT2D eigenvalue weighted by Crippen LogP contribution is -2.20. The van der Waals surface area contributed by atoms with Crippen LogP contribution in [0.4, 0.5) is 5.69 Å². The summed E-state index contributed by atoms with van der Waals surface area (Å²) < 4.78 is 37.0. The fraction of sp³-hybridized carbons (Fsp3) is 0.370. The maximum absolute atomic E-state index is 13.1. The molecule has 0 aliphatic carbocycles. The lowest BCUT2D eigenvalue weighted by atomic mass is 9.87. The largest absolute Gasteiger partial charge is 0.398 e. The van der Waals surface area contributed by atoms with Crippen LogP contribution in [0, 0.1) is 6.92 Å². The highest BCUT2D eigenvalue weighted by molar-refractivity contribution is 7.89. The van der Waals surface area contributed by atoms with E-state index in [2.05, 4.69) is 22.2 Å². The average Bonchev–Trinajstić information content (AvgIpc) is 3.53. The normalized spacial score (nSPS) is 12.7. The fourth-order valence-electron chi connectivity index (χ4n) is 4.70. The zero-order valence-corrected chi connectivity index (χ0v) is 22.6. The Kier molecular flexibility index (Phi) is 8.29. The molecule has 0 amide bonds. The zero-order chi connectivity index (χ0) is 27.4. The first-order valence-corrected chi connectivity index (χ1v) is 14.2. The van der Waals surface area contributed by atoms with Crippen molar-refractivity contribution in [3.8, 4) is 22.5 Å². The van der Waals surface area contributed by atoms with Crippen molar-refractivity contribution >= 4 is 15.7 Å². The number of nitrogens with zero attached hydrogens (tertiary/aromatic N) is 3. The number of sulfonamides is 1. The highest BCUT2D eigenvalue weighted by Gasteiger charge is 2.32. The third-order valence-corrected chi connectivity index (χ3v) is 7.48. The number of aryl methyl sites for hydroxylation is 2. The van der Waals surface area contributed by atoms with Gasteiger partial charge in [-0.25, -0.2) is 13.6 Å². The minimum absolute atomic E-state index is 0.113. The summed E-state index contributed by atoms with van der Waals surface area (Å²) in [4.78, 5) is 4.45. The van der Waals surface area contributed by atoms with Crippen LogP contribution in [0.2, 0.25) is 0 Å². The van der Waals surface area contributed by atoms with Crippen LogP contribution in [-0.2, 0) is 29.3 Å². The summed E-state index contributed by atoms with van der Waals surface area (Å²) in [6, 6.07) is 10.6. The van der Waals surface area contributed by atoms with Crippen LogP contribution in [-0.4, -0.2) is 28.8 Å². The van der Waals surface area contributed by atoms with Gasteiger partial charge in [0.05, 0.1) is 10.6 Å². The van der Waals surface area contributed by atoms with Gasteiger partial charge in [-0.1, -0.05) is 67.3 Å². The summed E-state index contributed by atoms with van der Waals surface area (Å²) in [6.45, 7) is 5.73. The Bertz CT molecular complexity index is 1510. The number of nitrogens with two attached hydrogens (primary N) is 2. The van der Waals surface area contributed by atoms with Gasteiger partial charge in [0, 0.05) is 35.7 Å². The first-order chi connectivity index (χ1) is 18.2. The highest BCUT2D eigenvalue weighted by Crippen LogP contribution is 2.44. The quantitative estimate of drug-likeness (QED) is 0.183. The molecule has 11 heteroatoms. The molecular formula is C27H33N5O5S. The monoisotopic (exact) mass is 539 g/mol. The van der Waals surface area contributed by atoms with Crippen molar-refractivity contribution in [1.82, 2.24) is 15.3 Å². The smallest absolute Gasteiger partial charge is 0.239 e. The van der Waals surface area contributed by atoms with Crippen molar-refractivity contribution in [2.24, 2.45) is 5.14 Å². The van der Waals surface area contributed by atoms with Gasteiger partial charge in [0.1, 0.15) is 6.10 Å². The number of aliphatic hydroxyl groups is 1. The molecule has 2 heterocycles. The Balaban J connectivity index is 2.00. The SMILES string of the molecule is CCCCCc1nc(-c2c(N)c(CC(O)c3cc(C)no3)c(S(N)(=O)=O)c(-c3ccccc3)c2CC)no1. The molecule has 2 aromatic heterocycles. The van der Waals surface area contributed by atoms with Crippen LogP contribution in [0.5, 0.6) is 0 Å². The van der Waals surface area contributed by atoms with Gasteiger partial charge in [-0.2, -0.15) is 4.98 Å². The summed E-state index contributed by atoms with van der Waals surface area (Å²) >= 11 is 0. The molecule has 5 N–H and O–H groups in total. The van der Waals surface area contributed by atoms with E-state index < -0.39 is 16.1 Å². The lowest BCUT2D eigenvalue weighted by molar-refractivity contribution is 0.139. The molecule has 202 valence electrons. The molecule has 0 aliphatic heterocycles. The van der Waals surface area contributed by atoms with Crippen molar-refractivity contribution in [1.29, 1.82) is 0 Å². The highest BCUT2D eigenvalue weighted by atomic mass is 32.2. The van der Waals surface area contributed by atoms with Crippen LogP contribution in [0.3, 0.4) is 0 Å². The molecule has 4 rings (SSSR count). The maximum atomic E-state index is 13.1. The van der Waals surface area contributed by atoms with Crippen molar-refractivity contribution in [3.63, 3.8) is 0 Å². The number of benzene rings is 2. The number of aliphatic hydroxyl groups excluding tert-OH is 1. The molecule has 0 spiro atoms. The van der Waals surface area contributed by atoms with Crippen LogP contribution >= 0.6 is 0 Å². The van der Waals surface area contributed by atoms with Gasteiger partial charge in [-0.15, -0.1) is 0 Å². The molecule has 0 saturated heterocycles. The van der Waals surface area contributed by atoms with Gasteiger partial charge >= 0.3 is 0 Å². The van der Waals surface area contributed by atoms with Gasteiger partial charge in [0.15, 0.2) is 5.76 Å². The molecule has 38 heavy (non-hydrogen) atoms. The minimum atomic E-state index is -4.30. The van der Waals surface area contributed by atoms with E-state index in [9.17, 15) is 13.5 Å². The number of rotatable bonds is 11. The van der Waals surface area contributed by atoms with Gasteiger partial charge < -0.3 is 19.9 Å². The van der Waals surface area contributed by atoms with E-state index >= 15 is 0 Å². The van der Waals surface area contributed by atoms with Crippen LogP contribution in [0.1, 0.15) is 67.7 Å². The van der Waals surface area contributed by atoms with Crippen LogP contribution in [0.15, 0.2) is 50.3 Å². The molecule has 0 bridgehead atoms. The van der Waals surface area contributed by atoms with Crippen molar-refractivity contribution in [2.45, 2.75) is 70.3 Å². The molecule has 10 nitrogen and oxygen atoms in total. The Morgan fingerprint density at radius 3 is 2.37 bits per heavy atom. The summed E-state index contributed by atoms with van der Waals surface area (Å²) in [5.74, 6) is 0.920. The second-order valence-electron chi connectivity index (χ2n) is 9.27. The van der Waals surface area contributed by atoms with E-state index in [4.69, 9.17) is 19.9 Å². The van der Waals surface area contributed by atoms with Gasteiger partial charge in [0.2, 0.25) is 21.7 Å². The molecule has 1 atom stereocenters. The number of hydrogen-bond acceptors (Lipinski definition) is 9. The van der Waals surface area contributed by atoms with E-state index in [-0.39, 0.29) is 34.2 Å². The first-order valence-electron chi connectivity index (χ1n) is 12.6. The van der Waals surface area contributed by atoms with Crippen molar-refractivity contribution in [2.75, 3.05) is 5.73 Å². The predicted molar refractivity (Wildman–Crippen MR) is 143 cm³/mol. The molecule has 2 aromatic carbocycles. The van der Waals surface area contributed by atoms with Gasteiger partial charge in [-0.3, -0.25) is 0 Å². The second kappa shape index (κ2) is 11.5. The number of primary sulfonamides is 1. The van der Waals surface area contributed by atoms with E-state index in [0.29, 0.717) is 46.7 Å². The summed E-state index contributed by atoms with van der Waals surface area (Å²) in [5.41, 5.74) is 9.64. The van der Waals surface area contributed by atoms with Crippen molar-refractivity contribution < 1.29 is 22.6 Å². The predicted octanol–water partition coefficient (Wildman–Crippen LogP) is 4.50. The van der Waals surface area contributed by atoms with Gasteiger partial charge in [-0.05, 0) is 36.5 Å². The second-order valence-corrected chi connectivity index (χ2v) is 10.8. The van der Waals surface area contributed by atoms with Gasteiger partial charge in [0.25, 0.3) is 0 Å². The first kappa shape index (κ1) is 27.5. The van der Waals surface area contributed by atoms with E-state index in [1.807, 2.05) is 25.1 Å². The number of anilines is 1. The topological polar surface area (TPSA) is 171 Å². The minimum Gasteiger partial charge on any atom is -0.398 e. The average molecular weight is 540 g/mol. The number of nitrogen functional groups attached to an aromatic ring is 1. The lowest BCUT2D eigenvalue weighted by Gasteiger charge is -2.23. The molecular weight excluding hydrogens is 506 g/mol. The number of unbranched alkanes of at least 4 members (excludes halogenated alkanes) is 2. The summed E-state index contributed by atoms with van der Waals surface area (Å²) in [7, 11) is -4.30. The molecule has 0 fully saturated rings. The Morgan fingerprint density at radius 2 is 1.76 bits per heavy atom. The molecule has 4 aromatic rings. The molecule has 1 unspecified atom stereocenters. The van der Waals surface area contributed by atoms with E-state index in [1.54, 1.807) is 25.1 Å². The summed E-state index contributed by atoms with van der Waals surface area (Å²) in [6.07, 6.45) is 2.61. The van der Waals surface area contributed by atoms with E-state index in [0.717, 1.165) is 19.3 Å². The van der Waals surface area contributed by atoms with Crippen LogP contribution < -0.4 is 10.9 Å². The third kappa shape index (κ3) is 5.64. The maximum Gasteiger partial charge on any atom is 0.239 e. The standard InChI is InChI=1S/C27H33N5O5S/c1-4-6-8-13-22-30-27(32-37-22)24-18(5-2)23(17-11-9-7-10-12-17)26(38(29,34)35)19(25(24)28)15-20(33)21-14-16(3)31-36-21/h7,9-12,14,20,33H,4-6,8,13,15,28H2,1-3H3,(H2,29,34,35). The Hall–Kier alpha value is -3.54. The van der Waals surface area contributed by atoms with Crippen molar-refractivity contribution in [3.05, 3.63) is 64.9 Å². The summed E-state index contributed by atoms with van der Waals surface area (Å²) in [5, 5.41) is 24.8. The van der Waals surface area contributed by atoms with E-state index in [1.165, 1.54) is 0 Å². The number of hydrogen-bond donors (Lipinski definition) is 3. The molecule has 0 saturated carbocycles. The molecule has 0 aliphatic rings.